The summed E-state index contributed by atoms with van der Waals surface area (Å²) in [6.07, 6.45) is 0. The second kappa shape index (κ2) is 7.85. The highest BCUT2D eigenvalue weighted by molar-refractivity contribution is 5.78. The first-order valence-corrected chi connectivity index (χ1v) is 6.87. The van der Waals surface area contributed by atoms with Crippen molar-refractivity contribution in [3.8, 4) is 5.75 Å². The van der Waals surface area contributed by atoms with E-state index in [0.717, 1.165) is 13.1 Å². The topological polar surface area (TPSA) is 41.6 Å². The average Bonchev–Trinajstić information content (AvgIpc) is 2.43. The number of carbonyl (C=O) groups excluding carboxylic acids is 1. The monoisotopic (exact) mass is 282 g/mol. The van der Waals surface area contributed by atoms with Crippen molar-refractivity contribution in [3.05, 3.63) is 29.6 Å². The van der Waals surface area contributed by atoms with Gasteiger partial charge < -0.3 is 10.1 Å². The molecule has 0 saturated carbocycles. The molecule has 4 nitrogen and oxygen atoms in total. The summed E-state index contributed by atoms with van der Waals surface area (Å²) in [5, 5.41) is 2.81. The van der Waals surface area contributed by atoms with Crippen molar-refractivity contribution >= 4 is 5.91 Å². The van der Waals surface area contributed by atoms with E-state index in [9.17, 15) is 9.18 Å². The van der Waals surface area contributed by atoms with Crippen LogP contribution in [0.3, 0.4) is 0 Å². The van der Waals surface area contributed by atoms with Crippen molar-refractivity contribution in [1.29, 1.82) is 0 Å². The summed E-state index contributed by atoms with van der Waals surface area (Å²) < 4.78 is 19.0. The van der Waals surface area contributed by atoms with Crippen LogP contribution in [0, 0.1) is 5.82 Å². The molecule has 1 rings (SSSR count). The number of likely N-dealkylation sites (N-methyl/N-ethyl adjacent to an activating group) is 1. The Morgan fingerprint density at radius 2 is 2.05 bits per heavy atom. The molecule has 1 atom stereocenters. The van der Waals surface area contributed by atoms with Crippen LogP contribution in [0.1, 0.15) is 32.4 Å². The molecule has 20 heavy (non-hydrogen) atoms. The van der Waals surface area contributed by atoms with Gasteiger partial charge in [0.05, 0.1) is 25.3 Å². The van der Waals surface area contributed by atoms with Gasteiger partial charge in [-0.3, -0.25) is 9.69 Å². The van der Waals surface area contributed by atoms with Crippen LogP contribution in [0.25, 0.3) is 0 Å². The molecule has 0 aliphatic rings. The van der Waals surface area contributed by atoms with Crippen LogP contribution in [0.4, 0.5) is 4.39 Å². The van der Waals surface area contributed by atoms with Crippen molar-refractivity contribution in [2.75, 3.05) is 26.7 Å². The number of rotatable bonds is 7. The number of benzene rings is 1. The number of hydrogen-bond donors (Lipinski definition) is 1. The highest BCUT2D eigenvalue weighted by Gasteiger charge is 2.18. The van der Waals surface area contributed by atoms with Crippen LogP contribution in [-0.4, -0.2) is 37.6 Å². The molecule has 1 N–H and O–H groups in total. The molecule has 0 heterocycles. The third kappa shape index (κ3) is 4.20. The molecule has 1 aromatic carbocycles. The summed E-state index contributed by atoms with van der Waals surface area (Å²) in [6.45, 7) is 7.68. The second-order valence-electron chi connectivity index (χ2n) is 4.61. The third-order valence-corrected chi connectivity index (χ3v) is 3.30. The molecule has 112 valence electrons. The second-order valence-corrected chi connectivity index (χ2v) is 4.61. The Morgan fingerprint density at radius 3 is 2.60 bits per heavy atom. The molecule has 0 aliphatic carbocycles. The van der Waals surface area contributed by atoms with E-state index in [1.807, 2.05) is 18.7 Å². The number of carbonyl (C=O) groups is 1. The van der Waals surface area contributed by atoms with Crippen molar-refractivity contribution < 1.29 is 13.9 Å². The molecular weight excluding hydrogens is 259 g/mol. The van der Waals surface area contributed by atoms with Gasteiger partial charge in [-0.05, 0) is 32.1 Å². The summed E-state index contributed by atoms with van der Waals surface area (Å²) in [6, 6.07) is 4.20. The predicted molar refractivity (Wildman–Crippen MR) is 77.3 cm³/mol. The Kier molecular flexibility index (Phi) is 6.45. The van der Waals surface area contributed by atoms with Gasteiger partial charge in [-0.25, -0.2) is 4.39 Å². The molecule has 0 aromatic heterocycles. The number of ether oxygens (including phenoxy) is 1. The minimum absolute atomic E-state index is 0.119. The van der Waals surface area contributed by atoms with Crippen LogP contribution in [0.2, 0.25) is 0 Å². The molecule has 0 radical (unpaired) electrons. The zero-order valence-corrected chi connectivity index (χ0v) is 12.6. The van der Waals surface area contributed by atoms with Gasteiger partial charge in [-0.2, -0.15) is 0 Å². The van der Waals surface area contributed by atoms with Gasteiger partial charge in [-0.15, -0.1) is 0 Å². The van der Waals surface area contributed by atoms with Crippen LogP contribution in [0.15, 0.2) is 18.2 Å². The van der Waals surface area contributed by atoms with E-state index in [1.54, 1.807) is 19.1 Å². The lowest BCUT2D eigenvalue weighted by Gasteiger charge is -2.21. The molecular formula is C15H23FN2O2. The summed E-state index contributed by atoms with van der Waals surface area (Å²) in [5.41, 5.74) is 0.378. The van der Waals surface area contributed by atoms with Gasteiger partial charge >= 0.3 is 0 Å². The summed E-state index contributed by atoms with van der Waals surface area (Å²) in [4.78, 5) is 14.0. The van der Waals surface area contributed by atoms with Crippen LogP contribution >= 0.6 is 0 Å². The van der Waals surface area contributed by atoms with E-state index in [0.29, 0.717) is 17.9 Å². The maximum Gasteiger partial charge on any atom is 0.234 e. The van der Waals surface area contributed by atoms with E-state index < -0.39 is 6.04 Å². The molecule has 1 aromatic rings. The zero-order chi connectivity index (χ0) is 15.1. The van der Waals surface area contributed by atoms with Gasteiger partial charge in [0, 0.05) is 0 Å². The summed E-state index contributed by atoms with van der Waals surface area (Å²) in [5.74, 6) is -0.0489. The number of nitrogens with one attached hydrogen (secondary N) is 1. The quantitative estimate of drug-likeness (QED) is 0.834. The maximum atomic E-state index is 13.9. The van der Waals surface area contributed by atoms with E-state index in [4.69, 9.17) is 4.74 Å². The largest absolute Gasteiger partial charge is 0.496 e. The number of hydrogen-bond acceptors (Lipinski definition) is 3. The maximum absolute atomic E-state index is 13.9. The Bertz CT molecular complexity index is 447. The molecule has 0 unspecified atom stereocenters. The van der Waals surface area contributed by atoms with E-state index >= 15 is 0 Å². The number of halogens is 1. The predicted octanol–water partition coefficient (Wildman–Crippen LogP) is 2.35. The molecule has 0 spiro atoms. The van der Waals surface area contributed by atoms with Crippen molar-refractivity contribution in [3.63, 3.8) is 0 Å². The Morgan fingerprint density at radius 1 is 1.40 bits per heavy atom. The molecule has 0 aliphatic heterocycles. The normalized spacial score (nSPS) is 12.3. The van der Waals surface area contributed by atoms with Gasteiger partial charge in [0.25, 0.3) is 0 Å². The minimum Gasteiger partial charge on any atom is -0.496 e. The molecule has 0 bridgehead atoms. The lowest BCUT2D eigenvalue weighted by atomic mass is 10.1. The molecule has 5 heteroatoms. The smallest absolute Gasteiger partial charge is 0.234 e. The van der Waals surface area contributed by atoms with Gasteiger partial charge in [0.15, 0.2) is 0 Å². The average molecular weight is 282 g/mol. The number of nitrogens with zero attached hydrogens (tertiary/aromatic N) is 1. The fraction of sp³-hybridized carbons (Fsp3) is 0.533. The highest BCUT2D eigenvalue weighted by Crippen LogP contribution is 2.27. The van der Waals surface area contributed by atoms with Crippen molar-refractivity contribution in [2.24, 2.45) is 0 Å². The van der Waals surface area contributed by atoms with Gasteiger partial charge in [0.1, 0.15) is 11.6 Å². The van der Waals surface area contributed by atoms with Crippen molar-refractivity contribution in [1.82, 2.24) is 10.2 Å². The number of methoxy groups -OCH3 is 1. The standard InChI is InChI=1S/C15H23FN2O2/c1-5-18(6-2)10-14(19)17-11(3)15-12(16)8-7-9-13(15)20-4/h7-9,11H,5-6,10H2,1-4H3,(H,17,19)/t11-/m0/s1. The van der Waals surface area contributed by atoms with Crippen LogP contribution < -0.4 is 10.1 Å². The van der Waals surface area contributed by atoms with E-state index in [-0.39, 0.29) is 11.7 Å². The Balaban J connectivity index is 2.76. The van der Waals surface area contributed by atoms with Crippen molar-refractivity contribution in [2.45, 2.75) is 26.8 Å². The Labute approximate surface area is 119 Å². The molecule has 0 fully saturated rings. The van der Waals surface area contributed by atoms with Gasteiger partial charge in [-0.1, -0.05) is 19.9 Å². The number of amides is 1. The fourth-order valence-electron chi connectivity index (χ4n) is 2.13. The van der Waals surface area contributed by atoms with E-state index in [1.165, 1.54) is 13.2 Å². The first-order valence-electron chi connectivity index (χ1n) is 6.87. The van der Waals surface area contributed by atoms with Crippen LogP contribution in [-0.2, 0) is 4.79 Å². The summed E-state index contributed by atoms with van der Waals surface area (Å²) in [7, 11) is 1.49. The third-order valence-electron chi connectivity index (χ3n) is 3.30. The molecule has 1 amide bonds. The fourth-order valence-corrected chi connectivity index (χ4v) is 2.13. The van der Waals surface area contributed by atoms with Gasteiger partial charge in [0.2, 0.25) is 5.91 Å². The first-order chi connectivity index (χ1) is 9.53. The SMILES string of the molecule is CCN(CC)CC(=O)N[C@@H](C)c1c(F)cccc1OC. The zero-order valence-electron chi connectivity index (χ0n) is 12.6. The van der Waals surface area contributed by atoms with Crippen LogP contribution in [0.5, 0.6) is 5.75 Å². The van der Waals surface area contributed by atoms with E-state index in [2.05, 4.69) is 5.32 Å². The summed E-state index contributed by atoms with van der Waals surface area (Å²) >= 11 is 0. The first kappa shape index (κ1) is 16.4. The minimum atomic E-state index is -0.436. The molecule has 0 saturated heterocycles. The Hall–Kier alpha value is -1.62. The lowest BCUT2D eigenvalue weighted by molar-refractivity contribution is -0.122. The lowest BCUT2D eigenvalue weighted by Crippen LogP contribution is -2.38. The highest BCUT2D eigenvalue weighted by atomic mass is 19.1.